The minimum absolute atomic E-state index is 0.538. The molecular weight excluding hydrogens is 785 g/mol. The molecule has 65 heavy (non-hydrogen) atoms. The van der Waals surface area contributed by atoms with E-state index in [0.717, 1.165) is 12.8 Å². The molecule has 0 radical (unpaired) electrons. The van der Waals surface area contributed by atoms with Gasteiger partial charge in [0.1, 0.15) is 0 Å². The number of rotatable bonds is 12. The van der Waals surface area contributed by atoms with Crippen LogP contribution >= 0.6 is 0 Å². The predicted octanol–water partition coefficient (Wildman–Crippen LogP) is 17.5. The molecule has 0 saturated carbocycles. The summed E-state index contributed by atoms with van der Waals surface area (Å²) >= 11 is 0. The SMILES string of the molecule is CCCCc1cc(C)c(N(c2ccc(C)cc2)c2ccc3c(c2)C2(c4ccccc4-c4ccccc42)c2cc(N(c4ccc(C)cc4)c4c(C)cc(CCCC)cc4C)ccc2-3)c(C)c1. The second kappa shape index (κ2) is 17.1. The lowest BCUT2D eigenvalue weighted by atomic mass is 9.70. The van der Waals surface area contributed by atoms with Gasteiger partial charge in [-0.1, -0.05) is 147 Å². The van der Waals surface area contributed by atoms with Crippen molar-refractivity contribution in [2.24, 2.45) is 0 Å². The fourth-order valence-electron chi connectivity index (χ4n) is 11.4. The summed E-state index contributed by atoms with van der Waals surface area (Å²) in [5.41, 5.74) is 27.8. The zero-order chi connectivity index (χ0) is 45.0. The van der Waals surface area contributed by atoms with E-state index in [4.69, 9.17) is 0 Å². The van der Waals surface area contributed by atoms with Crippen LogP contribution in [0.4, 0.5) is 34.1 Å². The second-order valence-corrected chi connectivity index (χ2v) is 19.0. The van der Waals surface area contributed by atoms with Crippen molar-refractivity contribution in [2.75, 3.05) is 9.80 Å². The van der Waals surface area contributed by atoms with Crippen LogP contribution in [-0.2, 0) is 18.3 Å². The Morgan fingerprint density at radius 3 is 1.06 bits per heavy atom. The fourth-order valence-corrected chi connectivity index (χ4v) is 11.4. The van der Waals surface area contributed by atoms with Gasteiger partial charge in [-0.2, -0.15) is 0 Å². The molecule has 8 aromatic rings. The molecule has 2 heteroatoms. The summed E-state index contributed by atoms with van der Waals surface area (Å²) in [6.07, 6.45) is 6.99. The minimum Gasteiger partial charge on any atom is -0.310 e. The average Bonchev–Trinajstić information content (AvgIpc) is 3.77. The summed E-state index contributed by atoms with van der Waals surface area (Å²) in [4.78, 5) is 5.05. The maximum atomic E-state index is 2.54. The van der Waals surface area contributed by atoms with Crippen molar-refractivity contribution in [1.82, 2.24) is 0 Å². The molecular formula is C63H62N2. The van der Waals surface area contributed by atoms with Gasteiger partial charge in [0.2, 0.25) is 0 Å². The third-order valence-corrected chi connectivity index (χ3v) is 14.3. The number of benzene rings is 8. The van der Waals surface area contributed by atoms with E-state index < -0.39 is 5.41 Å². The number of hydrogen-bond acceptors (Lipinski definition) is 2. The number of anilines is 6. The van der Waals surface area contributed by atoms with E-state index >= 15 is 0 Å². The summed E-state index contributed by atoms with van der Waals surface area (Å²) in [6, 6.07) is 60.9. The molecule has 0 fully saturated rings. The summed E-state index contributed by atoms with van der Waals surface area (Å²) in [5, 5.41) is 0. The standard InChI is InChI=1S/C63H62N2/c1-9-11-17-47-35-43(5)61(44(6)36-47)64(49-27-23-41(3)24-28-49)51-31-33-55-56-34-32-52(65(50-29-25-42(4)26-30-50)62-45(7)37-48(18-12-10-2)38-46(62)8)40-60(56)63(59(55)39-51)57-21-15-13-19-53(57)54-20-14-16-22-58(54)63/h13-16,19-40H,9-12,17-18H2,1-8H3. The van der Waals surface area contributed by atoms with Crippen LogP contribution in [0.3, 0.4) is 0 Å². The van der Waals surface area contributed by atoms with Crippen molar-refractivity contribution in [3.8, 4) is 22.3 Å². The Hall–Kier alpha value is -6.64. The Labute approximate surface area is 388 Å². The third-order valence-electron chi connectivity index (χ3n) is 14.3. The zero-order valence-electron chi connectivity index (χ0n) is 39.6. The first-order valence-electron chi connectivity index (χ1n) is 24.0. The van der Waals surface area contributed by atoms with Crippen molar-refractivity contribution < 1.29 is 0 Å². The lowest BCUT2D eigenvalue weighted by Gasteiger charge is -2.34. The van der Waals surface area contributed by atoms with E-state index in [1.54, 1.807) is 0 Å². The number of hydrogen-bond donors (Lipinski definition) is 0. The van der Waals surface area contributed by atoms with Crippen LogP contribution in [0.1, 0.15) is 106 Å². The van der Waals surface area contributed by atoms with E-state index in [-0.39, 0.29) is 0 Å². The Kier molecular flexibility index (Phi) is 11.1. The van der Waals surface area contributed by atoms with E-state index in [1.165, 1.54) is 149 Å². The maximum absolute atomic E-state index is 2.54. The van der Waals surface area contributed by atoms with Crippen LogP contribution in [0.25, 0.3) is 22.3 Å². The first-order valence-corrected chi connectivity index (χ1v) is 24.0. The van der Waals surface area contributed by atoms with Crippen molar-refractivity contribution in [3.05, 3.63) is 224 Å². The van der Waals surface area contributed by atoms with Gasteiger partial charge < -0.3 is 9.80 Å². The van der Waals surface area contributed by atoms with Crippen molar-refractivity contribution in [3.63, 3.8) is 0 Å². The van der Waals surface area contributed by atoms with Crippen LogP contribution in [0.5, 0.6) is 0 Å². The van der Waals surface area contributed by atoms with E-state index in [0.29, 0.717) is 0 Å². The highest BCUT2D eigenvalue weighted by atomic mass is 15.2. The molecule has 0 aromatic heterocycles. The topological polar surface area (TPSA) is 6.48 Å². The van der Waals surface area contributed by atoms with Gasteiger partial charge in [-0.05, 0) is 194 Å². The van der Waals surface area contributed by atoms with Gasteiger partial charge in [0.25, 0.3) is 0 Å². The molecule has 0 saturated heterocycles. The molecule has 1 spiro atoms. The molecule has 0 unspecified atom stereocenters. The van der Waals surface area contributed by atoms with Gasteiger partial charge in [-0.25, -0.2) is 0 Å². The summed E-state index contributed by atoms with van der Waals surface area (Å²) in [5.74, 6) is 0. The lowest BCUT2D eigenvalue weighted by Crippen LogP contribution is -2.26. The summed E-state index contributed by atoms with van der Waals surface area (Å²) in [7, 11) is 0. The normalized spacial score (nSPS) is 12.8. The van der Waals surface area contributed by atoms with Crippen molar-refractivity contribution >= 4 is 34.1 Å². The van der Waals surface area contributed by atoms with Crippen LogP contribution in [0.15, 0.2) is 158 Å². The van der Waals surface area contributed by atoms with Crippen LogP contribution < -0.4 is 9.80 Å². The quantitative estimate of drug-likeness (QED) is 0.121. The van der Waals surface area contributed by atoms with E-state index in [9.17, 15) is 0 Å². The van der Waals surface area contributed by atoms with Gasteiger partial charge in [0.05, 0.1) is 16.8 Å². The Balaban J connectivity index is 1.23. The predicted molar refractivity (Wildman–Crippen MR) is 278 cm³/mol. The highest BCUT2D eigenvalue weighted by Gasteiger charge is 2.52. The highest BCUT2D eigenvalue weighted by Crippen LogP contribution is 2.64. The first-order chi connectivity index (χ1) is 31.6. The molecule has 0 amide bonds. The van der Waals surface area contributed by atoms with Crippen LogP contribution in [-0.4, -0.2) is 0 Å². The molecule has 8 aromatic carbocycles. The molecule has 2 aliphatic rings. The maximum Gasteiger partial charge on any atom is 0.0727 e. The molecule has 0 heterocycles. The average molecular weight is 847 g/mol. The number of aryl methyl sites for hydroxylation is 8. The number of fused-ring (bicyclic) bond motifs is 10. The van der Waals surface area contributed by atoms with Gasteiger partial charge in [0, 0.05) is 22.7 Å². The van der Waals surface area contributed by atoms with Crippen LogP contribution in [0, 0.1) is 41.5 Å². The Morgan fingerprint density at radius 2 is 0.692 bits per heavy atom. The smallest absolute Gasteiger partial charge is 0.0727 e. The van der Waals surface area contributed by atoms with Crippen molar-refractivity contribution in [2.45, 2.75) is 99.3 Å². The van der Waals surface area contributed by atoms with Gasteiger partial charge >= 0.3 is 0 Å². The van der Waals surface area contributed by atoms with Crippen LogP contribution in [0.2, 0.25) is 0 Å². The molecule has 0 aliphatic heterocycles. The van der Waals surface area contributed by atoms with Gasteiger partial charge in [-0.3, -0.25) is 0 Å². The van der Waals surface area contributed by atoms with E-state index in [2.05, 4.69) is 223 Å². The molecule has 324 valence electrons. The van der Waals surface area contributed by atoms with Crippen molar-refractivity contribution in [1.29, 1.82) is 0 Å². The molecule has 0 atom stereocenters. The highest BCUT2D eigenvalue weighted by molar-refractivity contribution is 5.98. The summed E-state index contributed by atoms with van der Waals surface area (Å²) < 4.78 is 0. The Morgan fingerprint density at radius 1 is 0.354 bits per heavy atom. The molecule has 0 bridgehead atoms. The zero-order valence-corrected chi connectivity index (χ0v) is 39.6. The second-order valence-electron chi connectivity index (χ2n) is 19.0. The van der Waals surface area contributed by atoms with Gasteiger partial charge in [-0.15, -0.1) is 0 Å². The fraction of sp³-hybridized carbons (Fsp3) is 0.238. The minimum atomic E-state index is -0.538. The molecule has 10 rings (SSSR count). The van der Waals surface area contributed by atoms with Gasteiger partial charge in [0.15, 0.2) is 0 Å². The number of unbranched alkanes of at least 4 members (excludes halogenated alkanes) is 2. The molecule has 2 nitrogen and oxygen atoms in total. The Bertz CT molecular complexity index is 2820. The van der Waals surface area contributed by atoms with E-state index in [1.807, 2.05) is 0 Å². The number of nitrogens with zero attached hydrogens (tertiary/aromatic N) is 2. The largest absolute Gasteiger partial charge is 0.310 e. The monoisotopic (exact) mass is 846 g/mol. The molecule has 0 N–H and O–H groups in total. The lowest BCUT2D eigenvalue weighted by molar-refractivity contribution is 0.792. The third kappa shape index (κ3) is 7.10. The first kappa shape index (κ1) is 42.3. The molecule has 2 aliphatic carbocycles. The summed E-state index contributed by atoms with van der Waals surface area (Å²) in [6.45, 7) is 18.1.